The molecule has 0 spiro atoms. The Balaban J connectivity index is 1.57. The van der Waals surface area contributed by atoms with Crippen molar-refractivity contribution >= 4 is 22.8 Å². The van der Waals surface area contributed by atoms with Crippen LogP contribution in [0.15, 0.2) is 53.2 Å². The number of pyridine rings is 2. The molecule has 0 aliphatic carbocycles. The van der Waals surface area contributed by atoms with Crippen molar-refractivity contribution in [1.29, 1.82) is 0 Å². The minimum absolute atomic E-state index is 0.0984. The highest BCUT2D eigenvalue weighted by atomic mass is 19.1. The van der Waals surface area contributed by atoms with E-state index in [-0.39, 0.29) is 29.2 Å². The number of halogens is 1. The third kappa shape index (κ3) is 3.10. The number of anilines is 1. The van der Waals surface area contributed by atoms with Crippen LogP contribution in [0.2, 0.25) is 0 Å². The number of rotatable bonds is 4. The summed E-state index contributed by atoms with van der Waals surface area (Å²) in [5.41, 5.74) is 1.25. The number of nitrogens with zero attached hydrogens (tertiary/aromatic N) is 4. The molecule has 1 aromatic carbocycles. The molecule has 0 unspecified atom stereocenters. The van der Waals surface area contributed by atoms with Crippen molar-refractivity contribution in [2.45, 2.75) is 6.42 Å². The van der Waals surface area contributed by atoms with Gasteiger partial charge in [-0.05, 0) is 29.8 Å². The van der Waals surface area contributed by atoms with Crippen molar-refractivity contribution < 1.29 is 18.7 Å². The summed E-state index contributed by atoms with van der Waals surface area (Å²) in [4.78, 5) is 26.7. The number of amides is 2. The number of hydrogen-bond donors (Lipinski definition) is 2. The minimum Gasteiger partial charge on any atom is -0.504 e. The summed E-state index contributed by atoms with van der Waals surface area (Å²) in [5.74, 6) is 0.522. The molecule has 0 bridgehead atoms. The molecule has 0 atom stereocenters. The fourth-order valence-corrected chi connectivity index (χ4v) is 3.44. The molecule has 4 heterocycles. The Morgan fingerprint density at radius 3 is 2.80 bits per heavy atom. The summed E-state index contributed by atoms with van der Waals surface area (Å²) < 4.78 is 18.9. The van der Waals surface area contributed by atoms with Crippen molar-refractivity contribution in [2.75, 3.05) is 18.0 Å². The first kappa shape index (κ1) is 18.0. The van der Waals surface area contributed by atoms with Crippen LogP contribution in [0.5, 0.6) is 5.75 Å². The smallest absolute Gasteiger partial charge is 0.323 e. The van der Waals surface area contributed by atoms with Gasteiger partial charge in [-0.3, -0.25) is 9.88 Å². The molecule has 5 rings (SSSR count). The summed E-state index contributed by atoms with van der Waals surface area (Å²) in [6, 6.07) is 9.27. The molecule has 2 N–H and O–H groups in total. The van der Waals surface area contributed by atoms with Gasteiger partial charge in [-0.2, -0.15) is 0 Å². The fourth-order valence-electron chi connectivity index (χ4n) is 3.44. The Bertz CT molecular complexity index is 1260. The van der Waals surface area contributed by atoms with Crippen molar-refractivity contribution in [2.24, 2.45) is 0 Å². The standard InChI is InChI=1S/C21H16FN5O3/c22-13-5-3-12(4-6-13)10-14-11-25-20(30-14)17-18(28)16-15(2-1-7-23-16)19(26-17)27-9-8-24-21(27)29/h1-7,11,28H,8-10H2,(H,24,29). The molecule has 150 valence electrons. The van der Waals surface area contributed by atoms with Crippen LogP contribution < -0.4 is 10.2 Å². The molecular weight excluding hydrogens is 389 g/mol. The predicted octanol–water partition coefficient (Wildman–Crippen LogP) is 3.25. The van der Waals surface area contributed by atoms with Gasteiger partial charge < -0.3 is 14.8 Å². The number of oxazole rings is 1. The van der Waals surface area contributed by atoms with Crippen LogP contribution in [0.3, 0.4) is 0 Å². The Kier molecular flexibility index (Phi) is 4.27. The van der Waals surface area contributed by atoms with E-state index in [1.165, 1.54) is 23.2 Å². The van der Waals surface area contributed by atoms with Crippen molar-refractivity contribution in [3.63, 3.8) is 0 Å². The van der Waals surface area contributed by atoms with Gasteiger partial charge in [-0.1, -0.05) is 12.1 Å². The molecule has 1 saturated heterocycles. The minimum atomic E-state index is -0.312. The lowest BCUT2D eigenvalue weighted by Crippen LogP contribution is -2.28. The Morgan fingerprint density at radius 2 is 2.03 bits per heavy atom. The summed E-state index contributed by atoms with van der Waals surface area (Å²) in [5, 5.41) is 14.1. The van der Waals surface area contributed by atoms with Crippen molar-refractivity contribution in [3.05, 3.63) is 65.9 Å². The molecule has 1 aliphatic heterocycles. The lowest BCUT2D eigenvalue weighted by molar-refractivity contribution is 0.252. The van der Waals surface area contributed by atoms with Crippen LogP contribution in [-0.4, -0.2) is 39.2 Å². The molecule has 0 saturated carbocycles. The van der Waals surface area contributed by atoms with E-state index in [2.05, 4.69) is 20.3 Å². The largest absolute Gasteiger partial charge is 0.504 e. The van der Waals surface area contributed by atoms with Gasteiger partial charge in [-0.25, -0.2) is 19.2 Å². The van der Waals surface area contributed by atoms with Crippen LogP contribution in [-0.2, 0) is 6.42 Å². The van der Waals surface area contributed by atoms with Crippen molar-refractivity contribution in [1.82, 2.24) is 20.3 Å². The molecule has 1 aliphatic rings. The van der Waals surface area contributed by atoms with Gasteiger partial charge in [0.05, 0.1) is 6.20 Å². The van der Waals surface area contributed by atoms with Crippen LogP contribution in [0.4, 0.5) is 15.0 Å². The highest BCUT2D eigenvalue weighted by Gasteiger charge is 2.28. The maximum absolute atomic E-state index is 13.1. The van der Waals surface area contributed by atoms with Gasteiger partial charge in [0.25, 0.3) is 0 Å². The first-order valence-corrected chi connectivity index (χ1v) is 9.33. The second kappa shape index (κ2) is 7.11. The van der Waals surface area contributed by atoms with E-state index in [9.17, 15) is 14.3 Å². The van der Waals surface area contributed by atoms with Crippen LogP contribution in [0.1, 0.15) is 11.3 Å². The number of aromatic nitrogens is 3. The topological polar surface area (TPSA) is 104 Å². The lowest BCUT2D eigenvalue weighted by Gasteiger charge is -2.17. The van der Waals surface area contributed by atoms with Gasteiger partial charge >= 0.3 is 6.03 Å². The summed E-state index contributed by atoms with van der Waals surface area (Å²) in [6.45, 7) is 0.945. The third-order valence-corrected chi connectivity index (χ3v) is 4.88. The monoisotopic (exact) mass is 405 g/mol. The van der Waals surface area contributed by atoms with Crippen LogP contribution in [0, 0.1) is 5.82 Å². The Labute approximate surface area is 170 Å². The van der Waals surface area contributed by atoms with Gasteiger partial charge in [0.1, 0.15) is 22.9 Å². The number of carbonyl (C=O) groups is 1. The molecule has 3 aromatic heterocycles. The van der Waals surface area contributed by atoms with E-state index in [0.29, 0.717) is 42.0 Å². The number of benzene rings is 1. The van der Waals surface area contributed by atoms with Gasteiger partial charge in [0.15, 0.2) is 11.4 Å². The maximum atomic E-state index is 13.1. The van der Waals surface area contributed by atoms with Gasteiger partial charge in [0.2, 0.25) is 5.89 Å². The molecule has 9 heteroatoms. The maximum Gasteiger partial charge on any atom is 0.323 e. The first-order chi connectivity index (χ1) is 14.6. The second-order valence-corrected chi connectivity index (χ2v) is 6.85. The summed E-state index contributed by atoms with van der Waals surface area (Å²) >= 11 is 0. The van der Waals surface area contributed by atoms with E-state index in [1.54, 1.807) is 30.5 Å². The number of hydrogen-bond acceptors (Lipinski definition) is 6. The molecule has 30 heavy (non-hydrogen) atoms. The third-order valence-electron chi connectivity index (χ3n) is 4.88. The quantitative estimate of drug-likeness (QED) is 0.540. The SMILES string of the molecule is O=C1NCCN1c1nc(-c2ncc(Cc3ccc(F)cc3)o2)c(O)c2ncccc12. The molecule has 0 radical (unpaired) electrons. The average Bonchev–Trinajstić information content (AvgIpc) is 3.39. The molecule has 2 amide bonds. The average molecular weight is 405 g/mol. The predicted molar refractivity (Wildman–Crippen MR) is 107 cm³/mol. The number of carbonyl (C=O) groups excluding carboxylic acids is 1. The van der Waals surface area contributed by atoms with E-state index >= 15 is 0 Å². The summed E-state index contributed by atoms with van der Waals surface area (Å²) in [6.07, 6.45) is 3.49. The van der Waals surface area contributed by atoms with E-state index < -0.39 is 0 Å². The number of urea groups is 1. The van der Waals surface area contributed by atoms with Gasteiger partial charge in [0, 0.05) is 31.1 Å². The zero-order valence-electron chi connectivity index (χ0n) is 15.7. The zero-order valence-corrected chi connectivity index (χ0v) is 15.7. The second-order valence-electron chi connectivity index (χ2n) is 6.85. The number of fused-ring (bicyclic) bond motifs is 1. The highest BCUT2D eigenvalue weighted by Crippen LogP contribution is 2.38. The molecule has 1 fully saturated rings. The van der Waals surface area contributed by atoms with Gasteiger partial charge in [-0.15, -0.1) is 0 Å². The molecule has 8 nitrogen and oxygen atoms in total. The zero-order chi connectivity index (χ0) is 20.7. The van der Waals surface area contributed by atoms with E-state index in [1.807, 2.05) is 0 Å². The lowest BCUT2D eigenvalue weighted by atomic mass is 10.1. The molecular formula is C21H16FN5O3. The van der Waals surface area contributed by atoms with E-state index in [0.717, 1.165) is 5.56 Å². The Morgan fingerprint density at radius 1 is 1.20 bits per heavy atom. The fraction of sp³-hybridized carbons (Fsp3) is 0.143. The number of aromatic hydroxyl groups is 1. The Hall–Kier alpha value is -4.01. The van der Waals surface area contributed by atoms with Crippen LogP contribution >= 0.6 is 0 Å². The van der Waals surface area contributed by atoms with Crippen LogP contribution in [0.25, 0.3) is 22.5 Å². The number of nitrogens with one attached hydrogen (secondary N) is 1. The highest BCUT2D eigenvalue weighted by molar-refractivity contribution is 6.04. The normalized spacial score (nSPS) is 13.8. The van der Waals surface area contributed by atoms with Crippen molar-refractivity contribution in [3.8, 4) is 17.3 Å². The summed E-state index contributed by atoms with van der Waals surface area (Å²) in [7, 11) is 0. The molecule has 4 aromatic rings. The van der Waals surface area contributed by atoms with E-state index in [4.69, 9.17) is 4.42 Å². The first-order valence-electron chi connectivity index (χ1n) is 9.33.